The van der Waals surface area contributed by atoms with Crippen molar-refractivity contribution in [1.29, 1.82) is 0 Å². The van der Waals surface area contributed by atoms with Gasteiger partial charge in [0, 0.05) is 37.5 Å². The van der Waals surface area contributed by atoms with Gasteiger partial charge in [0.25, 0.3) is 5.91 Å². The van der Waals surface area contributed by atoms with Gasteiger partial charge in [-0.1, -0.05) is 54.9 Å². The first-order chi connectivity index (χ1) is 17.4. The number of unbranched alkanes of at least 4 members (excludes halogenated alkanes) is 1. The van der Waals surface area contributed by atoms with Crippen molar-refractivity contribution in [3.63, 3.8) is 0 Å². The highest BCUT2D eigenvalue weighted by atomic mass is 35.5. The summed E-state index contributed by atoms with van der Waals surface area (Å²) >= 11 is 7.82. The number of nitrogens with zero attached hydrogens (tertiary/aromatic N) is 3. The number of methoxy groups -OCH3 is 2. The van der Waals surface area contributed by atoms with E-state index in [2.05, 4.69) is 22.1 Å². The predicted octanol–water partition coefficient (Wildman–Crippen LogP) is 5.65. The summed E-state index contributed by atoms with van der Waals surface area (Å²) in [6.45, 7) is 3.54. The number of nitrogens with one attached hydrogen (secondary N) is 1. The Bertz CT molecular complexity index is 1140. The largest absolute Gasteiger partial charge is 0.493 e. The Labute approximate surface area is 222 Å². The van der Waals surface area contributed by atoms with E-state index in [0.717, 1.165) is 42.8 Å². The van der Waals surface area contributed by atoms with Gasteiger partial charge >= 0.3 is 0 Å². The molecule has 1 aromatic heterocycles. The second kappa shape index (κ2) is 13.9. The first kappa shape index (κ1) is 27.6. The number of carbonyl (C=O) groups excluding carboxylic acids is 1. The molecule has 0 atom stereocenters. The maximum absolute atomic E-state index is 12.2. The molecule has 1 heterocycles. The van der Waals surface area contributed by atoms with Crippen molar-refractivity contribution < 1.29 is 14.3 Å². The van der Waals surface area contributed by atoms with Crippen molar-refractivity contribution in [2.75, 3.05) is 39.3 Å². The third-order valence-electron chi connectivity index (χ3n) is 5.64. The number of hydrogen-bond acceptors (Lipinski definition) is 7. The van der Waals surface area contributed by atoms with Crippen LogP contribution in [-0.2, 0) is 12.2 Å². The maximum Gasteiger partial charge on any atom is 0.251 e. The molecule has 0 aliphatic heterocycles. The molecule has 0 unspecified atom stereocenters. The number of rotatable bonds is 13. The van der Waals surface area contributed by atoms with Crippen LogP contribution < -0.4 is 19.7 Å². The molecule has 3 aromatic rings. The Morgan fingerprint density at radius 3 is 2.44 bits per heavy atom. The SMILES string of the molecule is CCCCNC(=O)c1ccc(CSc2nc(Cl)cc(N(C)CCc3ccc(OC)c(OC)c3)n2)cc1. The lowest BCUT2D eigenvalue weighted by Gasteiger charge is -2.19. The van der Waals surface area contributed by atoms with E-state index >= 15 is 0 Å². The highest BCUT2D eigenvalue weighted by molar-refractivity contribution is 7.98. The molecule has 0 radical (unpaired) electrons. The zero-order chi connectivity index (χ0) is 25.9. The van der Waals surface area contributed by atoms with Gasteiger partial charge in [-0.3, -0.25) is 4.79 Å². The fourth-order valence-electron chi connectivity index (χ4n) is 3.47. The summed E-state index contributed by atoms with van der Waals surface area (Å²) in [6, 6.07) is 15.3. The Hall–Kier alpha value is -2.97. The number of anilines is 1. The smallest absolute Gasteiger partial charge is 0.251 e. The number of likely N-dealkylation sites (N-methyl/N-ethyl adjacent to an activating group) is 1. The van der Waals surface area contributed by atoms with Crippen LogP contribution in [0.15, 0.2) is 53.7 Å². The molecule has 0 bridgehead atoms. The Kier molecular flexibility index (Phi) is 10.7. The van der Waals surface area contributed by atoms with Crippen LogP contribution in [0.4, 0.5) is 5.82 Å². The van der Waals surface area contributed by atoms with Crippen molar-refractivity contribution in [3.05, 3.63) is 70.4 Å². The number of thioether (sulfide) groups is 1. The molecular formula is C27H33ClN4O3S. The van der Waals surface area contributed by atoms with Gasteiger partial charge in [-0.25, -0.2) is 9.97 Å². The van der Waals surface area contributed by atoms with Crippen LogP contribution in [0.3, 0.4) is 0 Å². The molecule has 0 saturated carbocycles. The van der Waals surface area contributed by atoms with Crippen LogP contribution in [0.1, 0.15) is 41.3 Å². The molecule has 0 aliphatic carbocycles. The second-order valence-corrected chi connectivity index (χ2v) is 9.62. The zero-order valence-electron chi connectivity index (χ0n) is 21.2. The molecule has 9 heteroatoms. The lowest BCUT2D eigenvalue weighted by atomic mass is 10.1. The molecule has 2 aromatic carbocycles. The summed E-state index contributed by atoms with van der Waals surface area (Å²) in [5, 5.41) is 3.95. The summed E-state index contributed by atoms with van der Waals surface area (Å²) in [6.07, 6.45) is 2.84. The van der Waals surface area contributed by atoms with Crippen molar-refractivity contribution in [1.82, 2.24) is 15.3 Å². The lowest BCUT2D eigenvalue weighted by Crippen LogP contribution is -2.24. The van der Waals surface area contributed by atoms with Gasteiger partial charge in [-0.2, -0.15) is 0 Å². The number of halogens is 1. The van der Waals surface area contributed by atoms with E-state index in [1.54, 1.807) is 20.3 Å². The first-order valence-electron chi connectivity index (χ1n) is 11.9. The molecule has 1 N–H and O–H groups in total. The van der Waals surface area contributed by atoms with Gasteiger partial charge < -0.3 is 19.7 Å². The Morgan fingerprint density at radius 1 is 1.03 bits per heavy atom. The van der Waals surface area contributed by atoms with E-state index in [1.807, 2.05) is 49.5 Å². The first-order valence-corrected chi connectivity index (χ1v) is 13.3. The van der Waals surface area contributed by atoms with Crippen molar-refractivity contribution in [3.8, 4) is 11.5 Å². The van der Waals surface area contributed by atoms with Gasteiger partial charge in [-0.15, -0.1) is 0 Å². The van der Waals surface area contributed by atoms with Crippen molar-refractivity contribution in [2.45, 2.75) is 37.1 Å². The average molecular weight is 529 g/mol. The summed E-state index contributed by atoms with van der Waals surface area (Å²) in [7, 11) is 5.25. The van der Waals surface area contributed by atoms with E-state index in [9.17, 15) is 4.79 Å². The third kappa shape index (κ3) is 8.03. The number of amides is 1. The minimum atomic E-state index is -0.0402. The Balaban J connectivity index is 1.57. The van der Waals surface area contributed by atoms with Crippen molar-refractivity contribution >= 4 is 35.1 Å². The molecule has 1 amide bonds. The van der Waals surface area contributed by atoms with E-state index < -0.39 is 0 Å². The van der Waals surface area contributed by atoms with Crippen LogP contribution >= 0.6 is 23.4 Å². The Morgan fingerprint density at radius 2 is 1.75 bits per heavy atom. The number of hydrogen-bond donors (Lipinski definition) is 1. The van der Waals surface area contributed by atoms with E-state index in [-0.39, 0.29) is 5.91 Å². The summed E-state index contributed by atoms with van der Waals surface area (Å²) < 4.78 is 10.7. The normalized spacial score (nSPS) is 10.7. The molecule has 0 aliphatic rings. The minimum absolute atomic E-state index is 0.0402. The molecule has 36 heavy (non-hydrogen) atoms. The van der Waals surface area contributed by atoms with Gasteiger partial charge in [0.15, 0.2) is 16.7 Å². The molecule has 3 rings (SSSR count). The maximum atomic E-state index is 12.2. The summed E-state index contributed by atoms with van der Waals surface area (Å²) in [5.41, 5.74) is 2.88. The van der Waals surface area contributed by atoms with Crippen LogP contribution in [-0.4, -0.2) is 50.2 Å². The molecule has 0 saturated heterocycles. The van der Waals surface area contributed by atoms with Crippen molar-refractivity contribution in [2.24, 2.45) is 0 Å². The number of ether oxygens (including phenoxy) is 2. The second-order valence-electron chi connectivity index (χ2n) is 8.29. The van der Waals surface area contributed by atoms with Gasteiger partial charge in [0.1, 0.15) is 11.0 Å². The fourth-order valence-corrected chi connectivity index (χ4v) is 4.51. The summed E-state index contributed by atoms with van der Waals surface area (Å²) in [4.78, 5) is 23.3. The van der Waals surface area contributed by atoms with E-state index in [1.165, 1.54) is 11.8 Å². The van der Waals surface area contributed by atoms with Crippen LogP contribution in [0.2, 0.25) is 5.15 Å². The molecule has 7 nitrogen and oxygen atoms in total. The van der Waals surface area contributed by atoms with E-state index in [0.29, 0.717) is 39.7 Å². The monoisotopic (exact) mass is 528 g/mol. The van der Waals surface area contributed by atoms with Crippen LogP contribution in [0, 0.1) is 0 Å². The van der Waals surface area contributed by atoms with Gasteiger partial charge in [0.05, 0.1) is 14.2 Å². The zero-order valence-corrected chi connectivity index (χ0v) is 22.8. The minimum Gasteiger partial charge on any atom is -0.493 e. The third-order valence-corrected chi connectivity index (χ3v) is 6.75. The number of benzene rings is 2. The van der Waals surface area contributed by atoms with Gasteiger partial charge in [-0.05, 0) is 48.2 Å². The van der Waals surface area contributed by atoms with E-state index in [4.69, 9.17) is 26.1 Å². The van der Waals surface area contributed by atoms with Crippen LogP contribution in [0.25, 0.3) is 0 Å². The lowest BCUT2D eigenvalue weighted by molar-refractivity contribution is 0.0953. The van der Waals surface area contributed by atoms with Gasteiger partial charge in [0.2, 0.25) is 0 Å². The number of aromatic nitrogens is 2. The standard InChI is InChI=1S/C27H33ClN4O3S/c1-5-6-14-29-26(33)21-10-7-20(8-11-21)18-36-27-30-24(28)17-25(31-27)32(2)15-13-19-9-12-22(34-3)23(16-19)35-4/h7-12,16-17H,5-6,13-15,18H2,1-4H3,(H,29,33). The predicted molar refractivity (Wildman–Crippen MR) is 147 cm³/mol. The molecule has 0 spiro atoms. The van der Waals surface area contributed by atoms with Crippen LogP contribution in [0.5, 0.6) is 11.5 Å². The highest BCUT2D eigenvalue weighted by Gasteiger charge is 2.11. The topological polar surface area (TPSA) is 76.6 Å². The summed E-state index contributed by atoms with van der Waals surface area (Å²) in [5.74, 6) is 2.82. The molecular weight excluding hydrogens is 496 g/mol. The quantitative estimate of drug-likeness (QED) is 0.133. The molecule has 192 valence electrons. The molecule has 0 fully saturated rings. The number of carbonyl (C=O) groups is 1. The average Bonchev–Trinajstić information content (AvgIpc) is 2.90. The highest BCUT2D eigenvalue weighted by Crippen LogP contribution is 2.28. The fraction of sp³-hybridized carbons (Fsp3) is 0.370.